The van der Waals surface area contributed by atoms with E-state index in [0.717, 1.165) is 59.7 Å². The van der Waals surface area contributed by atoms with Gasteiger partial charge < -0.3 is 24.7 Å². The highest BCUT2D eigenvalue weighted by atomic mass is 32.2. The third kappa shape index (κ3) is 3.85. The molecule has 1 aromatic heterocycles. The number of nitrogen functional groups attached to an aromatic ring is 1. The molecule has 3 heterocycles. The van der Waals surface area contributed by atoms with Gasteiger partial charge in [0.25, 0.3) is 0 Å². The number of nitrogens with zero attached hydrogens (tertiary/aromatic N) is 2. The molecule has 2 fully saturated rings. The number of anilines is 2. The van der Waals surface area contributed by atoms with Gasteiger partial charge in [0.15, 0.2) is 15.6 Å². The summed E-state index contributed by atoms with van der Waals surface area (Å²) < 4.78 is 38.0. The van der Waals surface area contributed by atoms with Crippen molar-refractivity contribution < 1.29 is 17.9 Å². The molecule has 0 atom stereocenters. The average Bonchev–Trinajstić information content (AvgIpc) is 3.13. The Hall–Kier alpha value is -2.71. The molecule has 0 saturated carbocycles. The molecule has 2 aromatic carbocycles. The SMILES string of the molecule is COc1c(N2CCS(=O)(=O)CC2)cc(N)c2c1c(C1CCOCC1)c(-c1ccccc1)n2C. The van der Waals surface area contributed by atoms with Gasteiger partial charge in [-0.25, -0.2) is 8.42 Å². The van der Waals surface area contributed by atoms with Gasteiger partial charge in [0.1, 0.15) is 0 Å². The monoisotopic (exact) mass is 469 g/mol. The van der Waals surface area contributed by atoms with Crippen LogP contribution in [0.25, 0.3) is 22.2 Å². The van der Waals surface area contributed by atoms with E-state index in [1.807, 2.05) is 12.1 Å². The first kappa shape index (κ1) is 22.1. The smallest absolute Gasteiger partial charge is 0.153 e. The number of fused-ring (bicyclic) bond motifs is 1. The van der Waals surface area contributed by atoms with Gasteiger partial charge in [0.05, 0.1) is 46.6 Å². The van der Waals surface area contributed by atoms with Crippen LogP contribution in [0.3, 0.4) is 0 Å². The van der Waals surface area contributed by atoms with E-state index >= 15 is 0 Å². The molecular weight excluding hydrogens is 438 g/mol. The lowest BCUT2D eigenvalue weighted by Gasteiger charge is -2.31. The van der Waals surface area contributed by atoms with Crippen molar-refractivity contribution in [2.24, 2.45) is 7.05 Å². The minimum atomic E-state index is -2.99. The Balaban J connectivity index is 1.79. The molecule has 7 nitrogen and oxygen atoms in total. The summed E-state index contributed by atoms with van der Waals surface area (Å²) in [7, 11) is 0.767. The second kappa shape index (κ2) is 8.57. The molecule has 2 saturated heterocycles. The second-order valence-electron chi connectivity index (χ2n) is 8.95. The molecule has 33 heavy (non-hydrogen) atoms. The maximum Gasteiger partial charge on any atom is 0.153 e. The first-order chi connectivity index (χ1) is 15.9. The Morgan fingerprint density at radius 3 is 2.39 bits per heavy atom. The van der Waals surface area contributed by atoms with Gasteiger partial charge in [-0.3, -0.25) is 0 Å². The van der Waals surface area contributed by atoms with E-state index in [1.54, 1.807) is 7.11 Å². The minimum absolute atomic E-state index is 0.144. The lowest BCUT2D eigenvalue weighted by Crippen LogP contribution is -2.40. The maximum atomic E-state index is 12.0. The van der Waals surface area contributed by atoms with Crippen LogP contribution in [-0.2, 0) is 21.6 Å². The van der Waals surface area contributed by atoms with Crippen LogP contribution in [0, 0.1) is 0 Å². The molecule has 2 aliphatic rings. The summed E-state index contributed by atoms with van der Waals surface area (Å²) in [6, 6.07) is 12.4. The molecule has 176 valence electrons. The van der Waals surface area contributed by atoms with E-state index < -0.39 is 9.84 Å². The lowest BCUT2D eigenvalue weighted by molar-refractivity contribution is 0.0856. The molecule has 0 aliphatic carbocycles. The van der Waals surface area contributed by atoms with Gasteiger partial charge in [-0.2, -0.15) is 0 Å². The van der Waals surface area contributed by atoms with Crippen molar-refractivity contribution in [2.75, 3.05) is 55.6 Å². The van der Waals surface area contributed by atoms with Crippen molar-refractivity contribution in [1.82, 2.24) is 4.57 Å². The number of benzene rings is 2. The number of aromatic nitrogens is 1. The standard InChI is InChI=1S/C25H31N3O4S/c1-27-23(18-6-4-3-5-7-18)21(17-8-12-32-13-9-17)22-24(27)19(26)16-20(25(22)31-2)28-10-14-33(29,30)15-11-28/h3-7,16-17H,8-15,26H2,1-2H3. The third-order valence-corrected chi connectivity index (χ3v) is 8.63. The van der Waals surface area contributed by atoms with Gasteiger partial charge >= 0.3 is 0 Å². The molecule has 0 unspecified atom stereocenters. The number of aryl methyl sites for hydroxylation is 1. The number of nitrogens with two attached hydrogens (primary N) is 1. The number of hydrogen-bond donors (Lipinski definition) is 1. The third-order valence-electron chi connectivity index (χ3n) is 7.02. The largest absolute Gasteiger partial charge is 0.494 e. The van der Waals surface area contributed by atoms with Crippen molar-refractivity contribution in [3.63, 3.8) is 0 Å². The summed E-state index contributed by atoms with van der Waals surface area (Å²) in [5, 5.41) is 1.04. The lowest BCUT2D eigenvalue weighted by atomic mass is 9.87. The first-order valence-electron chi connectivity index (χ1n) is 11.5. The molecular formula is C25H31N3O4S. The summed E-state index contributed by atoms with van der Waals surface area (Å²) in [6.45, 7) is 2.34. The molecule has 2 aliphatic heterocycles. The topological polar surface area (TPSA) is 86.8 Å². The summed E-state index contributed by atoms with van der Waals surface area (Å²) >= 11 is 0. The molecule has 2 N–H and O–H groups in total. The van der Waals surface area contributed by atoms with Crippen molar-refractivity contribution in [3.05, 3.63) is 42.0 Å². The molecule has 0 radical (unpaired) electrons. The van der Waals surface area contributed by atoms with E-state index in [4.69, 9.17) is 15.2 Å². The summed E-state index contributed by atoms with van der Waals surface area (Å²) in [4.78, 5) is 2.10. The van der Waals surface area contributed by atoms with Crippen LogP contribution in [-0.4, -0.2) is 57.9 Å². The van der Waals surface area contributed by atoms with Crippen molar-refractivity contribution >= 4 is 32.1 Å². The molecule has 0 bridgehead atoms. The van der Waals surface area contributed by atoms with Gasteiger partial charge in [-0.05, 0) is 36.0 Å². The Labute approximate surface area is 195 Å². The van der Waals surface area contributed by atoms with Gasteiger partial charge in [-0.1, -0.05) is 30.3 Å². The van der Waals surface area contributed by atoms with Crippen LogP contribution in [0.15, 0.2) is 36.4 Å². The zero-order valence-corrected chi connectivity index (χ0v) is 20.0. The first-order valence-corrected chi connectivity index (χ1v) is 13.3. The fraction of sp³-hybridized carbons (Fsp3) is 0.440. The predicted octanol–water partition coefficient (Wildman–Crippen LogP) is 3.56. The Morgan fingerprint density at radius 1 is 1.09 bits per heavy atom. The molecule has 0 amide bonds. The van der Waals surface area contributed by atoms with E-state index in [9.17, 15) is 8.42 Å². The maximum absolute atomic E-state index is 12.0. The number of ether oxygens (including phenoxy) is 2. The zero-order valence-electron chi connectivity index (χ0n) is 19.2. The highest BCUT2D eigenvalue weighted by molar-refractivity contribution is 7.91. The molecule has 3 aromatic rings. The van der Waals surface area contributed by atoms with E-state index in [-0.39, 0.29) is 11.5 Å². The zero-order chi connectivity index (χ0) is 23.2. The Morgan fingerprint density at radius 2 is 1.76 bits per heavy atom. The fourth-order valence-corrected chi connectivity index (χ4v) is 6.61. The Bertz CT molecular complexity index is 1260. The van der Waals surface area contributed by atoms with Gasteiger partial charge in [-0.15, -0.1) is 0 Å². The molecule has 0 spiro atoms. The highest BCUT2D eigenvalue weighted by Gasteiger charge is 2.32. The average molecular weight is 470 g/mol. The number of hydrogen-bond acceptors (Lipinski definition) is 6. The van der Waals surface area contributed by atoms with E-state index in [2.05, 4.69) is 40.8 Å². The van der Waals surface area contributed by atoms with E-state index in [0.29, 0.717) is 24.7 Å². The van der Waals surface area contributed by atoms with Crippen LogP contribution >= 0.6 is 0 Å². The van der Waals surface area contributed by atoms with Crippen LogP contribution in [0.5, 0.6) is 5.75 Å². The second-order valence-corrected chi connectivity index (χ2v) is 11.3. The number of rotatable bonds is 4. The summed E-state index contributed by atoms with van der Waals surface area (Å²) in [5.41, 5.74) is 12.7. The minimum Gasteiger partial charge on any atom is -0.494 e. The number of methoxy groups -OCH3 is 1. The van der Waals surface area contributed by atoms with Crippen molar-refractivity contribution in [2.45, 2.75) is 18.8 Å². The van der Waals surface area contributed by atoms with Crippen LogP contribution in [0.4, 0.5) is 11.4 Å². The fourth-order valence-electron chi connectivity index (χ4n) is 5.41. The van der Waals surface area contributed by atoms with Crippen molar-refractivity contribution in [1.29, 1.82) is 0 Å². The number of sulfone groups is 1. The Kier molecular flexibility index (Phi) is 5.74. The predicted molar refractivity (Wildman–Crippen MR) is 133 cm³/mol. The molecule has 5 rings (SSSR count). The van der Waals surface area contributed by atoms with Crippen molar-refractivity contribution in [3.8, 4) is 17.0 Å². The van der Waals surface area contributed by atoms with Crippen LogP contribution in [0.1, 0.15) is 24.3 Å². The highest BCUT2D eigenvalue weighted by Crippen LogP contribution is 2.50. The summed E-state index contributed by atoms with van der Waals surface area (Å²) in [6.07, 6.45) is 1.88. The van der Waals surface area contributed by atoms with E-state index in [1.165, 1.54) is 5.56 Å². The summed E-state index contributed by atoms with van der Waals surface area (Å²) in [5.74, 6) is 1.39. The molecule has 8 heteroatoms. The van der Waals surface area contributed by atoms with Crippen LogP contribution < -0.4 is 15.4 Å². The van der Waals surface area contributed by atoms with Gasteiger partial charge in [0.2, 0.25) is 0 Å². The normalized spacial score (nSPS) is 19.2. The quantitative estimate of drug-likeness (QED) is 0.588. The van der Waals surface area contributed by atoms with Gasteiger partial charge in [0, 0.05) is 33.4 Å². The van der Waals surface area contributed by atoms with Crippen LogP contribution in [0.2, 0.25) is 0 Å².